The van der Waals surface area contributed by atoms with E-state index >= 15 is 0 Å². The minimum Gasteiger partial charge on any atom is -0.397 e. The molecule has 2 nitrogen and oxygen atoms in total. The molecule has 84 valence electrons. The third-order valence-electron chi connectivity index (χ3n) is 2.18. The second-order valence-electron chi connectivity index (χ2n) is 3.38. The highest BCUT2D eigenvalue weighted by molar-refractivity contribution is 6.32. The molecule has 0 heterocycles. The third-order valence-corrected chi connectivity index (χ3v) is 2.49. The van der Waals surface area contributed by atoms with Gasteiger partial charge in [0.25, 0.3) is 0 Å². The molecule has 0 aliphatic carbocycles. The van der Waals surface area contributed by atoms with E-state index in [2.05, 4.69) is 0 Å². The van der Waals surface area contributed by atoms with Crippen LogP contribution in [-0.4, -0.2) is 0 Å². The molecule has 0 unspecified atom stereocenters. The number of hydrogen-bond donors (Lipinski definition) is 1. The summed E-state index contributed by atoms with van der Waals surface area (Å²) in [5.74, 6) is -0.421. The molecular weight excluding hydrogens is 227 g/mol. The van der Waals surface area contributed by atoms with Crippen molar-refractivity contribution in [2.45, 2.75) is 19.8 Å². The van der Waals surface area contributed by atoms with Crippen LogP contribution in [0.5, 0.6) is 0 Å². The van der Waals surface area contributed by atoms with E-state index in [9.17, 15) is 4.39 Å². The second kappa shape index (κ2) is 5.53. The smallest absolute Gasteiger partial charge is 0.124 e. The quantitative estimate of drug-likeness (QED) is 0.820. The maximum Gasteiger partial charge on any atom is 0.124 e. The lowest BCUT2D eigenvalue weighted by Gasteiger charge is -2.07. The van der Waals surface area contributed by atoms with Gasteiger partial charge >= 0.3 is 0 Å². The van der Waals surface area contributed by atoms with Gasteiger partial charge < -0.3 is 5.73 Å². The number of nitrogens with two attached hydrogens (primary N) is 1. The van der Waals surface area contributed by atoms with Gasteiger partial charge in [0.15, 0.2) is 0 Å². The van der Waals surface area contributed by atoms with Crippen LogP contribution in [0.25, 0.3) is 5.70 Å². The Kier molecular flexibility index (Phi) is 4.33. The normalized spacial score (nSPS) is 11.9. The monoisotopic (exact) mass is 238 g/mol. The summed E-state index contributed by atoms with van der Waals surface area (Å²) in [6, 6.07) is 5.99. The fourth-order valence-electron chi connectivity index (χ4n) is 1.37. The van der Waals surface area contributed by atoms with Gasteiger partial charge in [-0.15, -0.1) is 0 Å². The van der Waals surface area contributed by atoms with Crippen molar-refractivity contribution in [3.63, 3.8) is 0 Å². The lowest BCUT2D eigenvalue weighted by atomic mass is 10.0. The van der Waals surface area contributed by atoms with E-state index in [1.165, 1.54) is 18.2 Å². The van der Waals surface area contributed by atoms with Crippen LogP contribution < -0.4 is 5.73 Å². The SMILES string of the molecule is CCC/C(C#N)=C(/N)c1ccc(F)cc1Cl. The summed E-state index contributed by atoms with van der Waals surface area (Å²) in [4.78, 5) is 0. The van der Waals surface area contributed by atoms with Crippen molar-refractivity contribution < 1.29 is 4.39 Å². The Balaban J connectivity index is 3.22. The zero-order valence-electron chi connectivity index (χ0n) is 8.93. The van der Waals surface area contributed by atoms with Gasteiger partial charge in [0.2, 0.25) is 0 Å². The lowest BCUT2D eigenvalue weighted by Crippen LogP contribution is -2.02. The first-order valence-electron chi connectivity index (χ1n) is 4.94. The predicted molar refractivity (Wildman–Crippen MR) is 63.0 cm³/mol. The summed E-state index contributed by atoms with van der Waals surface area (Å²) in [6.07, 6.45) is 1.42. The molecule has 0 saturated heterocycles. The van der Waals surface area contributed by atoms with Crippen molar-refractivity contribution in [3.8, 4) is 6.07 Å². The molecule has 1 aromatic rings. The zero-order valence-corrected chi connectivity index (χ0v) is 9.68. The molecule has 4 heteroatoms. The van der Waals surface area contributed by atoms with Crippen molar-refractivity contribution in [1.29, 1.82) is 5.26 Å². The van der Waals surface area contributed by atoms with E-state index in [1.807, 2.05) is 13.0 Å². The molecular formula is C12H12ClFN2. The Morgan fingerprint density at radius 2 is 2.25 bits per heavy atom. The zero-order chi connectivity index (χ0) is 12.1. The topological polar surface area (TPSA) is 49.8 Å². The van der Waals surface area contributed by atoms with Crippen LogP contribution in [0.2, 0.25) is 5.02 Å². The first kappa shape index (κ1) is 12.5. The molecule has 0 aromatic heterocycles. The summed E-state index contributed by atoms with van der Waals surface area (Å²) >= 11 is 5.86. The number of benzene rings is 1. The van der Waals surface area contributed by atoms with Gasteiger partial charge in [-0.05, 0) is 24.6 Å². The summed E-state index contributed by atoms with van der Waals surface area (Å²) in [7, 11) is 0. The van der Waals surface area contributed by atoms with Gasteiger partial charge in [0.1, 0.15) is 5.82 Å². The fraction of sp³-hybridized carbons (Fsp3) is 0.250. The van der Waals surface area contributed by atoms with Gasteiger partial charge in [0, 0.05) is 5.56 Å². The van der Waals surface area contributed by atoms with Gasteiger partial charge in [-0.3, -0.25) is 0 Å². The number of allylic oxidation sites excluding steroid dienone is 1. The Labute approximate surface area is 99.1 Å². The Morgan fingerprint density at radius 3 is 2.75 bits per heavy atom. The summed E-state index contributed by atoms with van der Waals surface area (Å²) < 4.78 is 12.8. The van der Waals surface area contributed by atoms with E-state index in [-0.39, 0.29) is 5.02 Å². The maximum absolute atomic E-state index is 12.8. The van der Waals surface area contributed by atoms with Gasteiger partial charge in [-0.2, -0.15) is 5.26 Å². The van der Waals surface area contributed by atoms with Crippen LogP contribution in [0.1, 0.15) is 25.3 Å². The molecule has 0 amide bonds. The largest absolute Gasteiger partial charge is 0.397 e. The first-order chi connectivity index (χ1) is 7.60. The molecule has 0 aliphatic heterocycles. The van der Waals surface area contributed by atoms with Gasteiger partial charge in [0.05, 0.1) is 22.4 Å². The van der Waals surface area contributed by atoms with Crippen molar-refractivity contribution in [2.75, 3.05) is 0 Å². The molecule has 0 aliphatic rings. The van der Waals surface area contributed by atoms with Crippen LogP contribution in [0.4, 0.5) is 4.39 Å². The molecule has 0 saturated carbocycles. The van der Waals surface area contributed by atoms with E-state index < -0.39 is 5.82 Å². The van der Waals surface area contributed by atoms with Gasteiger partial charge in [-0.25, -0.2) is 4.39 Å². The second-order valence-corrected chi connectivity index (χ2v) is 3.79. The van der Waals surface area contributed by atoms with Gasteiger partial charge in [-0.1, -0.05) is 24.9 Å². The maximum atomic E-state index is 12.8. The average Bonchev–Trinajstić information content (AvgIpc) is 2.25. The van der Waals surface area contributed by atoms with E-state index in [4.69, 9.17) is 22.6 Å². The molecule has 1 rings (SSSR count). The minimum absolute atomic E-state index is 0.223. The van der Waals surface area contributed by atoms with Crippen LogP contribution in [0.3, 0.4) is 0 Å². The number of rotatable bonds is 3. The van der Waals surface area contributed by atoms with E-state index in [0.29, 0.717) is 23.3 Å². The van der Waals surface area contributed by atoms with Crippen LogP contribution in [0.15, 0.2) is 23.8 Å². The molecule has 0 fully saturated rings. The average molecular weight is 239 g/mol. The highest BCUT2D eigenvalue weighted by Gasteiger charge is 2.09. The fourth-order valence-corrected chi connectivity index (χ4v) is 1.64. The Morgan fingerprint density at radius 1 is 1.56 bits per heavy atom. The highest BCUT2D eigenvalue weighted by atomic mass is 35.5. The van der Waals surface area contributed by atoms with Crippen LogP contribution in [0, 0.1) is 17.1 Å². The molecule has 0 atom stereocenters. The number of halogens is 2. The minimum atomic E-state index is -0.421. The van der Waals surface area contributed by atoms with Crippen LogP contribution in [-0.2, 0) is 0 Å². The predicted octanol–water partition coefficient (Wildman–Crippen LogP) is 3.47. The van der Waals surface area contributed by atoms with Crippen molar-refractivity contribution in [2.24, 2.45) is 5.73 Å². The Bertz CT molecular complexity index is 461. The summed E-state index contributed by atoms with van der Waals surface area (Å²) in [5, 5.41) is 9.15. The number of nitrogens with zero attached hydrogens (tertiary/aromatic N) is 1. The number of nitriles is 1. The highest BCUT2D eigenvalue weighted by Crippen LogP contribution is 2.25. The third kappa shape index (κ3) is 2.74. The van der Waals surface area contributed by atoms with Crippen molar-refractivity contribution in [3.05, 3.63) is 40.2 Å². The molecule has 1 aromatic carbocycles. The first-order valence-corrected chi connectivity index (χ1v) is 5.32. The van der Waals surface area contributed by atoms with E-state index in [1.54, 1.807) is 0 Å². The van der Waals surface area contributed by atoms with Crippen molar-refractivity contribution in [1.82, 2.24) is 0 Å². The number of hydrogen-bond acceptors (Lipinski definition) is 2. The molecule has 16 heavy (non-hydrogen) atoms. The van der Waals surface area contributed by atoms with Crippen LogP contribution >= 0.6 is 11.6 Å². The summed E-state index contributed by atoms with van der Waals surface area (Å²) in [6.45, 7) is 1.96. The Hall–Kier alpha value is -1.53. The summed E-state index contributed by atoms with van der Waals surface area (Å²) in [5.41, 5.74) is 7.15. The molecule has 0 spiro atoms. The van der Waals surface area contributed by atoms with Crippen molar-refractivity contribution >= 4 is 17.3 Å². The lowest BCUT2D eigenvalue weighted by molar-refractivity contribution is 0.628. The molecule has 0 radical (unpaired) electrons. The molecule has 2 N–H and O–H groups in total. The van der Waals surface area contributed by atoms with E-state index in [0.717, 1.165) is 6.42 Å². The molecule has 0 bridgehead atoms. The standard InChI is InChI=1S/C12H12ClFN2/c1-2-3-8(7-15)12(16)10-5-4-9(14)6-11(10)13/h4-6H,2-3,16H2,1H3/b12-8-.